The van der Waals surface area contributed by atoms with Crippen molar-refractivity contribution in [2.24, 2.45) is 0 Å². The lowest BCUT2D eigenvalue weighted by Gasteiger charge is -2.11. The van der Waals surface area contributed by atoms with Gasteiger partial charge in [0.05, 0.1) is 11.9 Å². The third kappa shape index (κ3) is 2.80. The first kappa shape index (κ1) is 15.2. The molecular formula is C18H15FN6. The Balaban J connectivity index is 1.90. The van der Waals surface area contributed by atoms with Crippen molar-refractivity contribution in [1.82, 2.24) is 24.6 Å². The van der Waals surface area contributed by atoms with Crippen LogP contribution in [0.5, 0.6) is 0 Å². The Kier molecular flexibility index (Phi) is 3.81. The van der Waals surface area contributed by atoms with Crippen LogP contribution >= 0.6 is 0 Å². The van der Waals surface area contributed by atoms with Crippen LogP contribution in [0, 0.1) is 5.82 Å². The molecule has 0 aromatic carbocycles. The zero-order valence-electron chi connectivity index (χ0n) is 13.5. The van der Waals surface area contributed by atoms with Gasteiger partial charge < -0.3 is 5.32 Å². The summed E-state index contributed by atoms with van der Waals surface area (Å²) < 4.78 is 15.8. The Labute approximate surface area is 143 Å². The molecule has 4 heterocycles. The zero-order chi connectivity index (χ0) is 17.2. The lowest BCUT2D eigenvalue weighted by molar-refractivity contribution is 0.625. The van der Waals surface area contributed by atoms with Gasteiger partial charge in [-0.05, 0) is 36.2 Å². The van der Waals surface area contributed by atoms with Crippen LogP contribution in [0.25, 0.3) is 17.0 Å². The molecule has 4 aromatic heterocycles. The number of halogens is 1. The maximum absolute atomic E-state index is 14.0. The van der Waals surface area contributed by atoms with Crippen LogP contribution in [0.3, 0.4) is 0 Å². The maximum atomic E-state index is 14.0. The van der Waals surface area contributed by atoms with E-state index in [1.807, 2.05) is 30.5 Å². The molecule has 0 aliphatic heterocycles. The molecule has 4 rings (SSSR count). The molecule has 1 N–H and O–H groups in total. The average molecular weight is 334 g/mol. The quantitative estimate of drug-likeness (QED) is 0.617. The molecule has 25 heavy (non-hydrogen) atoms. The predicted molar refractivity (Wildman–Crippen MR) is 93.1 cm³/mol. The molecule has 0 aliphatic carbocycles. The van der Waals surface area contributed by atoms with Gasteiger partial charge in [-0.1, -0.05) is 13.0 Å². The number of aryl methyl sites for hydroxylation is 1. The number of aromatic nitrogens is 5. The third-order valence-electron chi connectivity index (χ3n) is 3.90. The van der Waals surface area contributed by atoms with E-state index < -0.39 is 5.82 Å². The van der Waals surface area contributed by atoms with E-state index in [0.29, 0.717) is 23.0 Å². The molecular weight excluding hydrogens is 319 g/mol. The summed E-state index contributed by atoms with van der Waals surface area (Å²) in [6.07, 6.45) is 7.07. The minimum atomic E-state index is -0.441. The van der Waals surface area contributed by atoms with E-state index in [4.69, 9.17) is 0 Å². The van der Waals surface area contributed by atoms with Gasteiger partial charge in [0.15, 0.2) is 11.6 Å². The average Bonchev–Trinajstić information content (AvgIpc) is 3.08. The minimum absolute atomic E-state index is 0.311. The van der Waals surface area contributed by atoms with Crippen molar-refractivity contribution in [3.63, 3.8) is 0 Å². The highest BCUT2D eigenvalue weighted by atomic mass is 19.1. The van der Waals surface area contributed by atoms with Crippen molar-refractivity contribution in [1.29, 1.82) is 0 Å². The summed E-state index contributed by atoms with van der Waals surface area (Å²) in [5.74, 6) is 0.550. The molecule has 6 nitrogen and oxygen atoms in total. The second-order valence-corrected chi connectivity index (χ2v) is 5.47. The normalized spacial score (nSPS) is 11.0. The number of anilines is 2. The highest BCUT2D eigenvalue weighted by molar-refractivity contribution is 5.78. The first-order valence-corrected chi connectivity index (χ1v) is 7.92. The lowest BCUT2D eigenvalue weighted by Crippen LogP contribution is -2.05. The van der Waals surface area contributed by atoms with Crippen molar-refractivity contribution in [3.05, 3.63) is 66.5 Å². The molecule has 124 valence electrons. The first-order chi connectivity index (χ1) is 12.3. The molecule has 4 aromatic rings. The van der Waals surface area contributed by atoms with Crippen LogP contribution in [-0.4, -0.2) is 24.6 Å². The summed E-state index contributed by atoms with van der Waals surface area (Å²) in [6, 6.07) is 9.10. The number of hydrogen-bond acceptors (Lipinski definition) is 5. The number of nitrogens with zero attached hydrogens (tertiary/aromatic N) is 5. The van der Waals surface area contributed by atoms with E-state index in [1.54, 1.807) is 16.8 Å². The summed E-state index contributed by atoms with van der Waals surface area (Å²) >= 11 is 0. The largest absolute Gasteiger partial charge is 0.336 e. The van der Waals surface area contributed by atoms with Crippen LogP contribution in [0.1, 0.15) is 12.5 Å². The van der Waals surface area contributed by atoms with Gasteiger partial charge in [-0.15, -0.1) is 5.10 Å². The second-order valence-electron chi connectivity index (χ2n) is 5.47. The smallest absolute Gasteiger partial charge is 0.200 e. The van der Waals surface area contributed by atoms with Gasteiger partial charge in [0.2, 0.25) is 5.82 Å². The summed E-state index contributed by atoms with van der Waals surface area (Å²) in [6.45, 7) is 2.05. The SMILES string of the molecule is CCc1ccn2nc(-c3ccccn3)nc(Nc3ccncc3F)c12. The van der Waals surface area contributed by atoms with Crippen LogP contribution in [0.2, 0.25) is 0 Å². The Morgan fingerprint density at radius 1 is 1.16 bits per heavy atom. The van der Waals surface area contributed by atoms with E-state index in [1.165, 1.54) is 12.4 Å². The minimum Gasteiger partial charge on any atom is -0.336 e. The van der Waals surface area contributed by atoms with Gasteiger partial charge in [0, 0.05) is 18.6 Å². The van der Waals surface area contributed by atoms with Crippen molar-refractivity contribution in [3.8, 4) is 11.5 Å². The second kappa shape index (κ2) is 6.27. The third-order valence-corrected chi connectivity index (χ3v) is 3.90. The van der Waals surface area contributed by atoms with Gasteiger partial charge in [0.1, 0.15) is 11.2 Å². The topological polar surface area (TPSA) is 68.0 Å². The highest BCUT2D eigenvalue weighted by Gasteiger charge is 2.15. The fraction of sp³-hybridized carbons (Fsp3) is 0.111. The van der Waals surface area contributed by atoms with E-state index >= 15 is 0 Å². The zero-order valence-corrected chi connectivity index (χ0v) is 13.5. The molecule has 0 unspecified atom stereocenters. The fourth-order valence-corrected chi connectivity index (χ4v) is 2.67. The maximum Gasteiger partial charge on any atom is 0.200 e. The number of rotatable bonds is 4. The van der Waals surface area contributed by atoms with Crippen LogP contribution in [0.15, 0.2) is 55.1 Å². The molecule has 0 aliphatic rings. The molecule has 0 radical (unpaired) electrons. The summed E-state index contributed by atoms with van der Waals surface area (Å²) in [5.41, 5.74) is 2.85. The molecule has 0 bridgehead atoms. The number of fused-ring (bicyclic) bond motifs is 1. The van der Waals surface area contributed by atoms with Crippen LogP contribution in [0.4, 0.5) is 15.9 Å². The standard InChI is InChI=1S/C18H15FN6/c1-2-12-7-10-25-16(12)18(22-14-6-9-20-11-13(14)19)23-17(24-25)15-5-3-4-8-21-15/h3-11H,2H2,1H3,(H,20,22,23,24). The first-order valence-electron chi connectivity index (χ1n) is 7.92. The monoisotopic (exact) mass is 334 g/mol. The van der Waals surface area contributed by atoms with Crippen LogP contribution < -0.4 is 5.32 Å². The molecule has 7 heteroatoms. The molecule has 0 saturated carbocycles. The predicted octanol–water partition coefficient (Wildman–Crippen LogP) is 3.63. The van der Waals surface area contributed by atoms with Crippen LogP contribution in [-0.2, 0) is 6.42 Å². The molecule has 0 saturated heterocycles. The molecule has 0 fully saturated rings. The van der Waals surface area contributed by atoms with Gasteiger partial charge in [0.25, 0.3) is 0 Å². The molecule has 0 spiro atoms. The van der Waals surface area contributed by atoms with Crippen molar-refractivity contribution in [2.75, 3.05) is 5.32 Å². The van der Waals surface area contributed by atoms with E-state index in [2.05, 4.69) is 32.3 Å². The Hall–Kier alpha value is -3.35. The van der Waals surface area contributed by atoms with Crippen molar-refractivity contribution in [2.45, 2.75) is 13.3 Å². The molecule has 0 atom stereocenters. The number of pyridine rings is 2. The highest BCUT2D eigenvalue weighted by Crippen LogP contribution is 2.27. The van der Waals surface area contributed by atoms with E-state index in [9.17, 15) is 4.39 Å². The number of nitrogens with one attached hydrogen (secondary N) is 1. The lowest BCUT2D eigenvalue weighted by atomic mass is 10.2. The van der Waals surface area contributed by atoms with Gasteiger partial charge in [-0.2, -0.15) is 0 Å². The van der Waals surface area contributed by atoms with Gasteiger partial charge in [-0.3, -0.25) is 9.97 Å². The van der Waals surface area contributed by atoms with Gasteiger partial charge in [-0.25, -0.2) is 13.9 Å². The van der Waals surface area contributed by atoms with E-state index in [-0.39, 0.29) is 0 Å². The summed E-state index contributed by atoms with van der Waals surface area (Å²) in [7, 11) is 0. The number of hydrogen-bond donors (Lipinski definition) is 1. The summed E-state index contributed by atoms with van der Waals surface area (Å²) in [4.78, 5) is 12.7. The Morgan fingerprint density at radius 3 is 2.84 bits per heavy atom. The van der Waals surface area contributed by atoms with Crippen molar-refractivity contribution < 1.29 is 4.39 Å². The van der Waals surface area contributed by atoms with E-state index in [0.717, 1.165) is 17.5 Å². The van der Waals surface area contributed by atoms with Crippen molar-refractivity contribution >= 4 is 17.0 Å². The Morgan fingerprint density at radius 2 is 2.08 bits per heavy atom. The van der Waals surface area contributed by atoms with Gasteiger partial charge >= 0.3 is 0 Å². The fourth-order valence-electron chi connectivity index (χ4n) is 2.67. The molecule has 0 amide bonds. The Bertz CT molecular complexity index is 1030. The summed E-state index contributed by atoms with van der Waals surface area (Å²) in [5, 5.41) is 7.61.